The molecule has 0 aliphatic carbocycles. The van der Waals surface area contributed by atoms with Crippen LogP contribution in [0.3, 0.4) is 0 Å². The predicted molar refractivity (Wildman–Crippen MR) is 144 cm³/mol. The van der Waals surface area contributed by atoms with Gasteiger partial charge in [0.25, 0.3) is 0 Å². The largest absolute Gasteiger partial charge is 0.352 e. The van der Waals surface area contributed by atoms with Crippen LogP contribution in [-0.4, -0.2) is 38.9 Å². The highest BCUT2D eigenvalue weighted by Crippen LogP contribution is 2.24. The molecule has 7 heteroatoms. The van der Waals surface area contributed by atoms with Gasteiger partial charge < -0.3 is 5.32 Å². The van der Waals surface area contributed by atoms with E-state index in [0.29, 0.717) is 13.1 Å². The lowest BCUT2D eigenvalue weighted by Crippen LogP contribution is -2.27. The highest BCUT2D eigenvalue weighted by molar-refractivity contribution is 6.02. The van der Waals surface area contributed by atoms with Crippen molar-refractivity contribution in [1.29, 1.82) is 0 Å². The summed E-state index contributed by atoms with van der Waals surface area (Å²) in [6.07, 6.45) is 4.71. The first kappa shape index (κ1) is 24.2. The lowest BCUT2D eigenvalue weighted by Gasteiger charge is -2.13. The molecular weight excluding hydrogens is 462 g/mol. The standard InChI is InChI=1S/C30H29N5O2/c36-29(15-16-30(37)35-20-17-28(33-35)25-7-2-1-3-8-25)31-21-26-9-4-5-10-27(26)24-13-11-23(12-14-24)22-34-19-6-18-32-34/h1-14,18-19H,15-17,20-22H2,(H,31,36). The minimum atomic E-state index is -0.149. The maximum Gasteiger partial charge on any atom is 0.243 e. The third kappa shape index (κ3) is 6.19. The van der Waals surface area contributed by atoms with E-state index >= 15 is 0 Å². The minimum Gasteiger partial charge on any atom is -0.352 e. The summed E-state index contributed by atoms with van der Waals surface area (Å²) in [6, 6.07) is 28.2. The first-order chi connectivity index (χ1) is 18.2. The van der Waals surface area contributed by atoms with Crippen LogP contribution in [0.1, 0.15) is 36.0 Å². The summed E-state index contributed by atoms with van der Waals surface area (Å²) in [5, 5.41) is 13.2. The SMILES string of the molecule is O=C(CCC(=O)N1CCC(c2ccccc2)=N1)NCc1ccccc1-c1ccc(Cn2cccn2)cc1. The molecule has 0 bridgehead atoms. The van der Waals surface area contributed by atoms with Crippen LogP contribution >= 0.6 is 0 Å². The molecule has 2 amide bonds. The van der Waals surface area contributed by atoms with Gasteiger partial charge in [-0.25, -0.2) is 5.01 Å². The van der Waals surface area contributed by atoms with Crippen LogP contribution in [0.15, 0.2) is 102 Å². The van der Waals surface area contributed by atoms with Crippen LogP contribution in [0.25, 0.3) is 11.1 Å². The number of rotatable bonds is 9. The molecule has 1 aromatic heterocycles. The van der Waals surface area contributed by atoms with E-state index in [1.54, 1.807) is 6.20 Å². The quantitative estimate of drug-likeness (QED) is 0.371. The van der Waals surface area contributed by atoms with E-state index in [-0.39, 0.29) is 24.7 Å². The normalized spacial score (nSPS) is 12.9. The third-order valence-electron chi connectivity index (χ3n) is 6.42. The van der Waals surface area contributed by atoms with Crippen LogP contribution < -0.4 is 5.32 Å². The topological polar surface area (TPSA) is 79.6 Å². The Labute approximate surface area is 216 Å². The Balaban J connectivity index is 1.13. The highest BCUT2D eigenvalue weighted by Gasteiger charge is 2.22. The molecule has 1 aliphatic heterocycles. The van der Waals surface area contributed by atoms with Gasteiger partial charge in [0.05, 0.1) is 18.8 Å². The number of benzene rings is 3. The molecule has 0 saturated heterocycles. The molecular formula is C30H29N5O2. The van der Waals surface area contributed by atoms with Gasteiger partial charge in [-0.15, -0.1) is 0 Å². The van der Waals surface area contributed by atoms with Crippen LogP contribution in [0.2, 0.25) is 0 Å². The summed E-state index contributed by atoms with van der Waals surface area (Å²) in [5.74, 6) is -0.277. The number of carbonyl (C=O) groups excluding carboxylic acids is 2. The lowest BCUT2D eigenvalue weighted by molar-refractivity contribution is -0.133. The van der Waals surface area contributed by atoms with Crippen molar-refractivity contribution in [3.63, 3.8) is 0 Å². The van der Waals surface area contributed by atoms with E-state index in [1.165, 1.54) is 10.6 Å². The summed E-state index contributed by atoms with van der Waals surface area (Å²) >= 11 is 0. The van der Waals surface area contributed by atoms with E-state index < -0.39 is 0 Å². The molecule has 2 heterocycles. The van der Waals surface area contributed by atoms with Crippen LogP contribution in [0, 0.1) is 0 Å². The van der Waals surface area contributed by atoms with Crippen molar-refractivity contribution in [2.75, 3.05) is 6.54 Å². The average Bonchev–Trinajstić information content (AvgIpc) is 3.65. The summed E-state index contributed by atoms with van der Waals surface area (Å²) in [6.45, 7) is 1.68. The molecule has 0 saturated carbocycles. The molecule has 1 aliphatic rings. The van der Waals surface area contributed by atoms with Gasteiger partial charge in [0.2, 0.25) is 11.8 Å². The molecule has 1 N–H and O–H groups in total. The number of hydrazone groups is 1. The van der Waals surface area contributed by atoms with E-state index in [9.17, 15) is 9.59 Å². The van der Waals surface area contributed by atoms with Crippen molar-refractivity contribution < 1.29 is 9.59 Å². The van der Waals surface area contributed by atoms with E-state index in [2.05, 4.69) is 45.8 Å². The van der Waals surface area contributed by atoms with Crippen molar-refractivity contribution in [3.8, 4) is 11.1 Å². The van der Waals surface area contributed by atoms with Crippen molar-refractivity contribution in [2.24, 2.45) is 5.10 Å². The number of amides is 2. The van der Waals surface area contributed by atoms with E-state index in [1.807, 2.05) is 65.5 Å². The number of nitrogens with one attached hydrogen (secondary N) is 1. The second-order valence-corrected chi connectivity index (χ2v) is 9.01. The van der Waals surface area contributed by atoms with Gasteiger partial charge in [-0.1, -0.05) is 78.9 Å². The molecule has 3 aromatic carbocycles. The molecule has 0 atom stereocenters. The zero-order chi connectivity index (χ0) is 25.5. The smallest absolute Gasteiger partial charge is 0.243 e. The zero-order valence-electron chi connectivity index (χ0n) is 20.6. The van der Waals surface area contributed by atoms with Gasteiger partial charge >= 0.3 is 0 Å². The summed E-state index contributed by atoms with van der Waals surface area (Å²) in [5.41, 5.74) is 6.29. The Bertz CT molecular complexity index is 1380. The van der Waals surface area contributed by atoms with Crippen molar-refractivity contribution in [3.05, 3.63) is 114 Å². The fourth-order valence-corrected chi connectivity index (χ4v) is 4.43. The van der Waals surface area contributed by atoms with Gasteiger partial charge in [0, 0.05) is 38.2 Å². The van der Waals surface area contributed by atoms with Crippen LogP contribution in [0.5, 0.6) is 0 Å². The average molecular weight is 492 g/mol. The molecule has 0 spiro atoms. The van der Waals surface area contributed by atoms with Crippen LogP contribution in [0.4, 0.5) is 0 Å². The fourth-order valence-electron chi connectivity index (χ4n) is 4.43. The third-order valence-corrected chi connectivity index (χ3v) is 6.42. The highest BCUT2D eigenvalue weighted by atomic mass is 16.2. The Hall–Kier alpha value is -4.52. The number of hydrogen-bond acceptors (Lipinski definition) is 4. The number of nitrogens with zero attached hydrogens (tertiary/aromatic N) is 4. The molecule has 0 fully saturated rings. The van der Waals surface area contributed by atoms with E-state index in [0.717, 1.165) is 40.9 Å². The molecule has 5 rings (SSSR count). The summed E-state index contributed by atoms with van der Waals surface area (Å²) < 4.78 is 1.89. The molecule has 0 radical (unpaired) electrons. The number of aromatic nitrogens is 2. The zero-order valence-corrected chi connectivity index (χ0v) is 20.6. The molecule has 0 unspecified atom stereocenters. The monoisotopic (exact) mass is 491 g/mol. The Morgan fingerprint density at radius 1 is 0.838 bits per heavy atom. The summed E-state index contributed by atoms with van der Waals surface area (Å²) in [7, 11) is 0. The minimum absolute atomic E-state index is 0.128. The summed E-state index contributed by atoms with van der Waals surface area (Å²) in [4.78, 5) is 25.1. The Morgan fingerprint density at radius 3 is 2.41 bits per heavy atom. The van der Waals surface area contributed by atoms with Crippen molar-refractivity contribution in [2.45, 2.75) is 32.4 Å². The van der Waals surface area contributed by atoms with Crippen LogP contribution in [-0.2, 0) is 22.7 Å². The molecule has 4 aromatic rings. The molecule has 37 heavy (non-hydrogen) atoms. The van der Waals surface area contributed by atoms with Gasteiger partial charge in [0.15, 0.2) is 0 Å². The first-order valence-corrected chi connectivity index (χ1v) is 12.5. The van der Waals surface area contributed by atoms with Crippen molar-refractivity contribution >= 4 is 17.5 Å². The van der Waals surface area contributed by atoms with E-state index in [4.69, 9.17) is 0 Å². The number of carbonyl (C=O) groups is 2. The fraction of sp³-hybridized carbons (Fsp3) is 0.200. The maximum atomic E-state index is 12.6. The Kier molecular flexibility index (Phi) is 7.50. The lowest BCUT2D eigenvalue weighted by atomic mass is 9.98. The number of hydrogen-bond donors (Lipinski definition) is 1. The van der Waals surface area contributed by atoms with Gasteiger partial charge in [-0.2, -0.15) is 10.2 Å². The van der Waals surface area contributed by atoms with Gasteiger partial charge in [-0.3, -0.25) is 14.3 Å². The molecule has 7 nitrogen and oxygen atoms in total. The maximum absolute atomic E-state index is 12.6. The second-order valence-electron chi connectivity index (χ2n) is 9.01. The Morgan fingerprint density at radius 2 is 1.62 bits per heavy atom. The van der Waals surface area contributed by atoms with Crippen molar-refractivity contribution in [1.82, 2.24) is 20.1 Å². The molecule has 186 valence electrons. The first-order valence-electron chi connectivity index (χ1n) is 12.5. The second kappa shape index (κ2) is 11.5. The van der Waals surface area contributed by atoms with Gasteiger partial charge in [0.1, 0.15) is 0 Å². The predicted octanol–water partition coefficient (Wildman–Crippen LogP) is 4.63. The van der Waals surface area contributed by atoms with Gasteiger partial charge in [-0.05, 0) is 33.9 Å².